The van der Waals surface area contributed by atoms with Crippen LogP contribution >= 0.6 is 27.5 Å². The third-order valence-electron chi connectivity index (χ3n) is 4.52. The molecule has 0 unspecified atom stereocenters. The summed E-state index contributed by atoms with van der Waals surface area (Å²) in [6.45, 7) is 1.56. The lowest BCUT2D eigenvalue weighted by atomic mass is 10.2. The van der Waals surface area contributed by atoms with Crippen LogP contribution in [0.5, 0.6) is 11.5 Å². The summed E-state index contributed by atoms with van der Waals surface area (Å²) in [7, 11) is 1.42. The summed E-state index contributed by atoms with van der Waals surface area (Å²) >= 11 is 9.71. The zero-order chi connectivity index (χ0) is 25.4. The number of urea groups is 1. The molecule has 0 bridgehead atoms. The summed E-state index contributed by atoms with van der Waals surface area (Å²) in [5.74, 6) is -0.438. The van der Waals surface area contributed by atoms with Crippen molar-refractivity contribution in [3.05, 3.63) is 81.0 Å². The largest absolute Gasteiger partial charge is 0.493 e. The molecule has 0 saturated heterocycles. The molecule has 0 radical (unpaired) electrons. The molecule has 0 aliphatic rings. The highest BCUT2D eigenvalue weighted by atomic mass is 79.9. The van der Waals surface area contributed by atoms with Crippen LogP contribution in [0, 0.1) is 12.7 Å². The van der Waals surface area contributed by atoms with Gasteiger partial charge >= 0.3 is 6.03 Å². The molecule has 35 heavy (non-hydrogen) atoms. The molecular weight excluding hydrogens is 543 g/mol. The van der Waals surface area contributed by atoms with Crippen LogP contribution in [0.3, 0.4) is 0 Å². The molecule has 11 heteroatoms. The second-order valence-electron chi connectivity index (χ2n) is 7.17. The molecule has 3 N–H and O–H groups in total. The number of hydrogen-bond acceptors (Lipinski definition) is 5. The molecule has 0 fully saturated rings. The Hall–Kier alpha value is -3.63. The normalized spacial score (nSPS) is 10.7. The Kier molecular flexibility index (Phi) is 9.04. The van der Waals surface area contributed by atoms with Gasteiger partial charge in [-0.15, -0.1) is 0 Å². The SMILES string of the molecule is COc1cc(/C=N/NC(=O)Nc2ccc(Br)c(C)c2)cc(Cl)c1OCC(=O)Nc1ccc(F)cc1. The van der Waals surface area contributed by atoms with E-state index >= 15 is 0 Å². The maximum Gasteiger partial charge on any atom is 0.339 e. The maximum atomic E-state index is 13.0. The van der Waals surface area contributed by atoms with E-state index in [0.29, 0.717) is 16.9 Å². The van der Waals surface area contributed by atoms with E-state index in [0.717, 1.165) is 10.0 Å². The predicted octanol–water partition coefficient (Wildman–Crippen LogP) is 5.73. The van der Waals surface area contributed by atoms with Crippen molar-refractivity contribution in [3.8, 4) is 11.5 Å². The van der Waals surface area contributed by atoms with E-state index in [9.17, 15) is 14.0 Å². The number of methoxy groups -OCH3 is 1. The molecule has 3 aromatic rings. The number of halogens is 3. The van der Waals surface area contributed by atoms with Crippen molar-refractivity contribution in [2.75, 3.05) is 24.4 Å². The highest BCUT2D eigenvalue weighted by Crippen LogP contribution is 2.36. The second kappa shape index (κ2) is 12.2. The van der Waals surface area contributed by atoms with Gasteiger partial charge in [0.1, 0.15) is 5.82 Å². The second-order valence-corrected chi connectivity index (χ2v) is 8.43. The van der Waals surface area contributed by atoms with Crippen molar-refractivity contribution in [2.24, 2.45) is 5.10 Å². The number of benzene rings is 3. The van der Waals surface area contributed by atoms with Gasteiger partial charge in [-0.3, -0.25) is 4.79 Å². The number of ether oxygens (including phenoxy) is 2. The summed E-state index contributed by atoms with van der Waals surface area (Å²) in [6.07, 6.45) is 1.38. The number of carbonyl (C=O) groups excluding carboxylic acids is 2. The average molecular weight is 564 g/mol. The van der Waals surface area contributed by atoms with Gasteiger partial charge in [-0.1, -0.05) is 27.5 Å². The molecule has 0 heterocycles. The van der Waals surface area contributed by atoms with Gasteiger partial charge in [0.25, 0.3) is 5.91 Å². The molecule has 182 valence electrons. The standard InChI is InChI=1S/C24H21BrClFN4O4/c1-14-9-18(7-8-19(14)25)30-24(33)31-28-12-15-10-20(26)23(21(11-15)34-2)35-13-22(32)29-17-5-3-16(27)4-6-17/h3-12H,13H2,1-2H3,(H,29,32)(H2,30,31,33)/b28-12+. The van der Waals surface area contributed by atoms with Gasteiger partial charge in [0.2, 0.25) is 0 Å². The first kappa shape index (κ1) is 26.0. The lowest BCUT2D eigenvalue weighted by Gasteiger charge is -2.13. The summed E-state index contributed by atoms with van der Waals surface area (Å²) in [6, 6.07) is 13.3. The van der Waals surface area contributed by atoms with E-state index in [1.807, 2.05) is 19.1 Å². The first-order chi connectivity index (χ1) is 16.7. The molecule has 0 aromatic heterocycles. The Bertz CT molecular complexity index is 1260. The molecule has 3 aromatic carbocycles. The molecule has 0 saturated carbocycles. The summed E-state index contributed by atoms with van der Waals surface area (Å²) in [5.41, 5.74) is 4.91. The Balaban J connectivity index is 1.58. The predicted molar refractivity (Wildman–Crippen MR) is 137 cm³/mol. The zero-order valence-corrected chi connectivity index (χ0v) is 21.0. The van der Waals surface area contributed by atoms with Crippen LogP contribution in [0.1, 0.15) is 11.1 Å². The van der Waals surface area contributed by atoms with Gasteiger partial charge in [0.05, 0.1) is 18.3 Å². The smallest absolute Gasteiger partial charge is 0.339 e. The average Bonchev–Trinajstić information content (AvgIpc) is 2.82. The summed E-state index contributed by atoms with van der Waals surface area (Å²) in [4.78, 5) is 24.2. The number of rotatable bonds is 8. The lowest BCUT2D eigenvalue weighted by molar-refractivity contribution is -0.118. The molecular formula is C24H21BrClFN4O4. The van der Waals surface area contributed by atoms with Crippen molar-refractivity contribution in [2.45, 2.75) is 6.92 Å². The summed E-state index contributed by atoms with van der Waals surface area (Å²) in [5, 5.41) is 9.35. The fourth-order valence-electron chi connectivity index (χ4n) is 2.87. The lowest BCUT2D eigenvalue weighted by Crippen LogP contribution is -2.24. The Morgan fingerprint density at radius 3 is 2.49 bits per heavy atom. The Morgan fingerprint density at radius 1 is 1.09 bits per heavy atom. The van der Waals surface area contributed by atoms with Crippen LogP contribution in [-0.4, -0.2) is 31.9 Å². The minimum Gasteiger partial charge on any atom is -0.493 e. The topological polar surface area (TPSA) is 101 Å². The van der Waals surface area contributed by atoms with Crippen LogP contribution < -0.4 is 25.5 Å². The van der Waals surface area contributed by atoms with Gasteiger partial charge in [-0.2, -0.15) is 5.10 Å². The van der Waals surface area contributed by atoms with Crippen molar-refractivity contribution >= 4 is 57.1 Å². The molecule has 8 nitrogen and oxygen atoms in total. The van der Waals surface area contributed by atoms with E-state index < -0.39 is 17.8 Å². The first-order valence-electron chi connectivity index (χ1n) is 10.2. The van der Waals surface area contributed by atoms with Crippen LogP contribution in [-0.2, 0) is 4.79 Å². The minimum absolute atomic E-state index is 0.164. The van der Waals surface area contributed by atoms with Crippen molar-refractivity contribution in [1.82, 2.24) is 5.43 Å². The van der Waals surface area contributed by atoms with E-state index in [1.165, 1.54) is 37.6 Å². The van der Waals surface area contributed by atoms with E-state index in [-0.39, 0.29) is 23.1 Å². The Labute approximate surface area is 214 Å². The van der Waals surface area contributed by atoms with Gasteiger partial charge in [-0.25, -0.2) is 14.6 Å². The third kappa shape index (κ3) is 7.69. The van der Waals surface area contributed by atoms with Crippen molar-refractivity contribution in [1.29, 1.82) is 0 Å². The van der Waals surface area contributed by atoms with Crippen LogP contribution in [0.4, 0.5) is 20.6 Å². The van der Waals surface area contributed by atoms with Crippen molar-refractivity contribution in [3.63, 3.8) is 0 Å². The van der Waals surface area contributed by atoms with Gasteiger partial charge in [0.15, 0.2) is 18.1 Å². The van der Waals surface area contributed by atoms with Gasteiger partial charge in [-0.05, 0) is 72.6 Å². The number of nitrogens with one attached hydrogen (secondary N) is 3. The zero-order valence-electron chi connectivity index (χ0n) is 18.7. The van der Waals surface area contributed by atoms with E-state index in [2.05, 4.69) is 37.1 Å². The number of anilines is 2. The Morgan fingerprint density at radius 2 is 1.80 bits per heavy atom. The number of hydrazone groups is 1. The first-order valence-corrected chi connectivity index (χ1v) is 11.3. The van der Waals surface area contributed by atoms with E-state index in [4.69, 9.17) is 21.1 Å². The van der Waals surface area contributed by atoms with Crippen LogP contribution in [0.15, 0.2) is 64.2 Å². The monoisotopic (exact) mass is 562 g/mol. The van der Waals surface area contributed by atoms with E-state index in [1.54, 1.807) is 18.2 Å². The maximum absolute atomic E-state index is 13.0. The van der Waals surface area contributed by atoms with Crippen LogP contribution in [0.2, 0.25) is 5.02 Å². The molecule has 0 atom stereocenters. The molecule has 0 aliphatic heterocycles. The molecule has 3 rings (SSSR count). The highest BCUT2D eigenvalue weighted by molar-refractivity contribution is 9.10. The number of amides is 3. The fraction of sp³-hybridized carbons (Fsp3) is 0.125. The van der Waals surface area contributed by atoms with Gasteiger partial charge in [0, 0.05) is 15.8 Å². The molecule has 0 aliphatic carbocycles. The third-order valence-corrected chi connectivity index (χ3v) is 5.69. The van der Waals surface area contributed by atoms with Crippen LogP contribution in [0.25, 0.3) is 0 Å². The highest BCUT2D eigenvalue weighted by Gasteiger charge is 2.14. The number of aryl methyl sites for hydroxylation is 1. The number of nitrogens with zero attached hydrogens (tertiary/aromatic N) is 1. The van der Waals surface area contributed by atoms with Crippen molar-refractivity contribution < 1.29 is 23.5 Å². The minimum atomic E-state index is -0.520. The molecule has 0 spiro atoms. The quantitative estimate of drug-likeness (QED) is 0.241. The molecule has 3 amide bonds. The number of carbonyl (C=O) groups is 2. The number of hydrogen-bond donors (Lipinski definition) is 3. The van der Waals surface area contributed by atoms with Gasteiger partial charge < -0.3 is 20.1 Å². The summed E-state index contributed by atoms with van der Waals surface area (Å²) < 4.78 is 24.8. The fourth-order valence-corrected chi connectivity index (χ4v) is 3.39.